The molecule has 0 aliphatic carbocycles. The summed E-state index contributed by atoms with van der Waals surface area (Å²) in [4.78, 5) is 15.4. The van der Waals surface area contributed by atoms with E-state index in [9.17, 15) is 13.2 Å². The van der Waals surface area contributed by atoms with Crippen molar-refractivity contribution >= 4 is 21.6 Å². The summed E-state index contributed by atoms with van der Waals surface area (Å²) in [6.07, 6.45) is 0.650. The van der Waals surface area contributed by atoms with E-state index in [0.29, 0.717) is 17.0 Å². The third-order valence-electron chi connectivity index (χ3n) is 4.01. The van der Waals surface area contributed by atoms with Crippen LogP contribution in [0.4, 0.5) is 5.69 Å². The Morgan fingerprint density at radius 2 is 1.69 bits per heavy atom. The Kier molecular flexibility index (Phi) is 3.98. The normalized spacial score (nSPS) is 16.8. The van der Waals surface area contributed by atoms with E-state index in [-0.39, 0.29) is 4.90 Å². The maximum absolute atomic E-state index is 12.9. The van der Waals surface area contributed by atoms with Crippen molar-refractivity contribution in [3.63, 3.8) is 0 Å². The largest absolute Gasteiger partial charge is 0.465 e. The zero-order valence-electron chi connectivity index (χ0n) is 13.5. The third kappa shape index (κ3) is 2.85. The summed E-state index contributed by atoms with van der Waals surface area (Å²) < 4.78 is 30.8. The lowest BCUT2D eigenvalue weighted by Crippen LogP contribution is -2.52. The van der Waals surface area contributed by atoms with Gasteiger partial charge in [0.15, 0.2) is 6.17 Å². The number of carbonyl (C=O) groups excluding carboxylic acids is 1. The van der Waals surface area contributed by atoms with Crippen molar-refractivity contribution in [2.24, 2.45) is 0 Å². The van der Waals surface area contributed by atoms with Gasteiger partial charge in [-0.3, -0.25) is 4.79 Å². The quantitative estimate of drug-likeness (QED) is 0.738. The van der Waals surface area contributed by atoms with Crippen LogP contribution in [0.1, 0.15) is 22.3 Å². The minimum absolute atomic E-state index is 0.0600. The minimum Gasteiger partial charge on any atom is -0.465 e. The fourth-order valence-electron chi connectivity index (χ4n) is 2.78. The molecule has 0 spiro atoms. The number of anilines is 1. The molecule has 2 aromatic carbocycles. The molecule has 7 nitrogen and oxygen atoms in total. The summed E-state index contributed by atoms with van der Waals surface area (Å²) in [5.74, 6) is -0.0659. The lowest BCUT2D eigenvalue weighted by molar-refractivity contribution is 0.0609. The molecule has 0 saturated heterocycles. The fourth-order valence-corrected chi connectivity index (χ4v) is 3.84. The molecule has 0 unspecified atom stereocenters. The molecule has 1 aromatic heterocycles. The Hall–Kier alpha value is -3.10. The molecule has 2 heterocycles. The van der Waals surface area contributed by atoms with Gasteiger partial charge >= 0.3 is 0 Å². The minimum atomic E-state index is -3.95. The Bertz CT molecular complexity index is 1030. The zero-order chi connectivity index (χ0) is 18.1. The van der Waals surface area contributed by atoms with Crippen LogP contribution < -0.4 is 10.1 Å². The number of hydrogen-bond acceptors (Lipinski definition) is 5. The highest BCUT2D eigenvalue weighted by atomic mass is 32.2. The van der Waals surface area contributed by atoms with E-state index >= 15 is 0 Å². The number of furan rings is 1. The lowest BCUT2D eigenvalue weighted by atomic mass is 10.1. The topological polar surface area (TPSA) is 91.7 Å². The standard InChI is InChI=1S/C18H15N3O4S/c22-18-14-9-4-5-10-15(14)19-17(16-11-6-12-25-16)21(18)20-26(23,24)13-7-2-1-3-8-13/h1-12,17,19-20H/t17-/m1/s1. The first-order valence-corrected chi connectivity index (χ1v) is 9.34. The number of para-hydroxylation sites is 1. The van der Waals surface area contributed by atoms with E-state index in [1.807, 2.05) is 0 Å². The van der Waals surface area contributed by atoms with Gasteiger partial charge in [-0.15, -0.1) is 4.83 Å². The predicted octanol–water partition coefficient (Wildman–Crippen LogP) is 2.74. The van der Waals surface area contributed by atoms with Crippen LogP contribution >= 0.6 is 0 Å². The molecule has 132 valence electrons. The highest BCUT2D eigenvalue weighted by molar-refractivity contribution is 7.89. The average Bonchev–Trinajstić information content (AvgIpc) is 3.19. The van der Waals surface area contributed by atoms with E-state index in [1.54, 1.807) is 54.6 Å². The van der Waals surface area contributed by atoms with Crippen molar-refractivity contribution in [3.8, 4) is 0 Å². The van der Waals surface area contributed by atoms with Crippen LogP contribution in [-0.4, -0.2) is 19.3 Å². The molecular weight excluding hydrogens is 354 g/mol. The fraction of sp³-hybridized carbons (Fsp3) is 0.0556. The van der Waals surface area contributed by atoms with Crippen LogP contribution in [0.15, 0.2) is 82.3 Å². The van der Waals surface area contributed by atoms with E-state index < -0.39 is 22.1 Å². The van der Waals surface area contributed by atoms with Crippen LogP contribution in [0.25, 0.3) is 0 Å². The first-order valence-electron chi connectivity index (χ1n) is 7.86. The Morgan fingerprint density at radius 1 is 0.962 bits per heavy atom. The van der Waals surface area contributed by atoms with Gasteiger partial charge < -0.3 is 9.73 Å². The van der Waals surface area contributed by atoms with Crippen molar-refractivity contribution in [3.05, 3.63) is 84.3 Å². The maximum Gasteiger partial charge on any atom is 0.273 e. The monoisotopic (exact) mass is 369 g/mol. The van der Waals surface area contributed by atoms with Crippen molar-refractivity contribution < 1.29 is 17.6 Å². The summed E-state index contributed by atoms with van der Waals surface area (Å²) in [6.45, 7) is 0. The first kappa shape index (κ1) is 16.4. The molecule has 0 fully saturated rings. The van der Waals surface area contributed by atoms with E-state index in [4.69, 9.17) is 4.42 Å². The SMILES string of the molecule is O=C1c2ccccc2N[C@@H](c2ccco2)N1NS(=O)(=O)c1ccccc1. The van der Waals surface area contributed by atoms with Crippen LogP contribution in [0.3, 0.4) is 0 Å². The molecule has 1 aliphatic heterocycles. The Balaban J connectivity index is 1.75. The summed E-state index contributed by atoms with van der Waals surface area (Å²) >= 11 is 0. The molecule has 3 aromatic rings. The number of rotatable bonds is 4. The van der Waals surface area contributed by atoms with Gasteiger partial charge in [0.05, 0.1) is 16.7 Å². The molecule has 0 bridgehead atoms. The molecule has 0 radical (unpaired) electrons. The molecule has 1 amide bonds. The van der Waals surface area contributed by atoms with Crippen LogP contribution in [0.2, 0.25) is 0 Å². The molecule has 1 atom stereocenters. The summed E-state index contributed by atoms with van der Waals surface area (Å²) in [6, 6.07) is 18.1. The Morgan fingerprint density at radius 3 is 2.42 bits per heavy atom. The number of nitrogens with zero attached hydrogens (tertiary/aromatic N) is 1. The number of benzene rings is 2. The van der Waals surface area contributed by atoms with Crippen molar-refractivity contribution in [2.45, 2.75) is 11.1 Å². The molecular formula is C18H15N3O4S. The third-order valence-corrected chi connectivity index (χ3v) is 5.34. The molecule has 0 saturated carbocycles. The summed E-state index contributed by atoms with van der Waals surface area (Å²) in [7, 11) is -3.95. The van der Waals surface area contributed by atoms with Gasteiger partial charge in [-0.05, 0) is 36.4 Å². The smallest absolute Gasteiger partial charge is 0.273 e. The van der Waals surface area contributed by atoms with Gasteiger partial charge in [0, 0.05) is 5.69 Å². The van der Waals surface area contributed by atoms with Gasteiger partial charge in [-0.2, -0.15) is 0 Å². The van der Waals surface area contributed by atoms with Crippen LogP contribution in [0.5, 0.6) is 0 Å². The molecule has 26 heavy (non-hydrogen) atoms. The highest BCUT2D eigenvalue weighted by Gasteiger charge is 2.37. The van der Waals surface area contributed by atoms with E-state index in [0.717, 1.165) is 5.01 Å². The second-order valence-corrected chi connectivity index (χ2v) is 7.35. The zero-order valence-corrected chi connectivity index (χ0v) is 14.3. The van der Waals surface area contributed by atoms with Gasteiger partial charge in [0.2, 0.25) is 0 Å². The number of hydrogen-bond donors (Lipinski definition) is 2. The Labute approximate surface area is 150 Å². The lowest BCUT2D eigenvalue weighted by Gasteiger charge is -2.36. The number of amides is 1. The maximum atomic E-state index is 12.9. The van der Waals surface area contributed by atoms with Crippen LogP contribution in [0, 0.1) is 0 Å². The van der Waals surface area contributed by atoms with Gasteiger partial charge in [0.25, 0.3) is 15.9 Å². The predicted molar refractivity (Wildman–Crippen MR) is 94.4 cm³/mol. The number of fused-ring (bicyclic) bond motifs is 1. The molecule has 2 N–H and O–H groups in total. The number of sulfonamides is 1. The highest BCUT2D eigenvalue weighted by Crippen LogP contribution is 2.32. The van der Waals surface area contributed by atoms with Crippen molar-refractivity contribution in [2.75, 3.05) is 5.32 Å². The van der Waals surface area contributed by atoms with Crippen molar-refractivity contribution in [1.82, 2.24) is 9.84 Å². The number of nitrogens with one attached hydrogen (secondary N) is 2. The average molecular weight is 369 g/mol. The van der Waals surface area contributed by atoms with E-state index in [2.05, 4.69) is 10.1 Å². The van der Waals surface area contributed by atoms with Crippen molar-refractivity contribution in [1.29, 1.82) is 0 Å². The number of hydrazine groups is 1. The molecule has 1 aliphatic rings. The first-order chi connectivity index (χ1) is 12.6. The molecule has 4 rings (SSSR count). The summed E-state index contributed by atoms with van der Waals surface area (Å²) in [5.41, 5.74) is 0.972. The second-order valence-electron chi connectivity index (χ2n) is 5.69. The van der Waals surface area contributed by atoms with Crippen LogP contribution in [-0.2, 0) is 10.0 Å². The van der Waals surface area contributed by atoms with Gasteiger partial charge in [0.1, 0.15) is 5.76 Å². The van der Waals surface area contributed by atoms with Gasteiger partial charge in [-0.25, -0.2) is 13.4 Å². The van der Waals surface area contributed by atoms with Gasteiger partial charge in [-0.1, -0.05) is 30.3 Å². The van der Waals surface area contributed by atoms with E-state index in [1.165, 1.54) is 18.4 Å². The summed E-state index contributed by atoms with van der Waals surface area (Å²) in [5, 5.41) is 4.17. The second kappa shape index (κ2) is 6.32. The number of carbonyl (C=O) groups is 1. The molecule has 8 heteroatoms.